The molecule has 0 unspecified atom stereocenters. The molecule has 1 N–H and O–H groups in total. The van der Waals surface area contributed by atoms with Crippen LogP contribution in [0.5, 0.6) is 6.01 Å². The van der Waals surface area contributed by atoms with E-state index in [1.807, 2.05) is 32.9 Å². The number of hydrogen-bond acceptors (Lipinski definition) is 8. The zero-order chi connectivity index (χ0) is 32.1. The molecule has 46 heavy (non-hydrogen) atoms. The van der Waals surface area contributed by atoms with Crippen LogP contribution in [0.4, 0.5) is 10.2 Å². The van der Waals surface area contributed by atoms with Crippen molar-refractivity contribution in [2.24, 2.45) is 0 Å². The van der Waals surface area contributed by atoms with E-state index < -0.39 is 5.82 Å². The smallest absolute Gasteiger partial charge is 0.319 e. The number of aryl methyl sites for hydroxylation is 1. The Morgan fingerprint density at radius 3 is 2.70 bits per heavy atom. The lowest BCUT2D eigenvalue weighted by molar-refractivity contribution is -0.128. The van der Waals surface area contributed by atoms with Gasteiger partial charge in [0.2, 0.25) is 5.91 Å². The second kappa shape index (κ2) is 12.4. The number of nitrogens with one attached hydrogen (secondary N) is 1. The number of aromatic amines is 1. The fraction of sp³-hybridized carbons (Fsp3) is 0.471. The van der Waals surface area contributed by atoms with Crippen LogP contribution in [-0.2, 0) is 9.53 Å². The van der Waals surface area contributed by atoms with E-state index in [1.54, 1.807) is 11.0 Å². The van der Waals surface area contributed by atoms with Crippen molar-refractivity contribution in [2.75, 3.05) is 57.4 Å². The number of nitrogens with zero attached hydrogens (tertiary/aromatic N) is 6. The van der Waals surface area contributed by atoms with Gasteiger partial charge in [0.15, 0.2) is 5.82 Å². The molecule has 2 aromatic heterocycles. The van der Waals surface area contributed by atoms with Crippen LogP contribution >= 0.6 is 11.6 Å². The second-order valence-corrected chi connectivity index (χ2v) is 13.1. The van der Waals surface area contributed by atoms with Crippen LogP contribution in [0.1, 0.15) is 43.9 Å². The minimum atomic E-state index is -0.524. The lowest BCUT2D eigenvalue weighted by atomic mass is 9.93. The Morgan fingerprint density at radius 2 is 1.96 bits per heavy atom. The van der Waals surface area contributed by atoms with Crippen molar-refractivity contribution in [1.29, 1.82) is 0 Å². The van der Waals surface area contributed by atoms with E-state index in [0.717, 1.165) is 53.7 Å². The number of benzene rings is 2. The zero-order valence-electron chi connectivity index (χ0n) is 26.5. The number of ether oxygens (including phenoxy) is 2. The highest BCUT2D eigenvalue weighted by Gasteiger charge is 2.35. The Hall–Kier alpha value is -3.80. The molecular weight excluding hydrogens is 609 g/mol. The summed E-state index contributed by atoms with van der Waals surface area (Å²) in [6, 6.07) is 5.58. The van der Waals surface area contributed by atoms with E-state index in [1.165, 1.54) is 6.08 Å². The Bertz CT molecular complexity index is 1820. The van der Waals surface area contributed by atoms with Gasteiger partial charge in [-0.3, -0.25) is 14.8 Å². The molecule has 0 spiro atoms. The largest absolute Gasteiger partial charge is 0.462 e. The Labute approximate surface area is 272 Å². The third kappa shape index (κ3) is 5.58. The normalized spacial score (nSPS) is 20.9. The van der Waals surface area contributed by atoms with Crippen molar-refractivity contribution in [1.82, 2.24) is 30.0 Å². The van der Waals surface area contributed by atoms with Crippen molar-refractivity contribution in [2.45, 2.75) is 51.6 Å². The van der Waals surface area contributed by atoms with Crippen molar-refractivity contribution >= 4 is 45.1 Å². The summed E-state index contributed by atoms with van der Waals surface area (Å²) in [5, 5.41) is 9.44. The van der Waals surface area contributed by atoms with Crippen LogP contribution in [0.15, 0.2) is 30.9 Å². The van der Waals surface area contributed by atoms with Gasteiger partial charge in [-0.25, -0.2) is 4.39 Å². The standard InChI is InChI=1S/C34H39ClFN7O3/c1-5-26(44)42-17-21(4)43(18-20(42)3)33-23-16-24(35)28(27-19(2)6-9-25-29(27)31(40-39-25)22-7-8-22)30(36)32(23)37-34(38-33)46-15-12-41-10-13-45-14-11-41/h5-6,9,16,20-22H,1,7-8,10-15,17-18H2,2-4H3,(H,39,40)/t20-,21+/m1/s1. The first-order valence-corrected chi connectivity index (χ1v) is 16.4. The predicted octanol–water partition coefficient (Wildman–Crippen LogP) is 5.47. The quantitative estimate of drug-likeness (QED) is 0.251. The Balaban J connectivity index is 1.35. The van der Waals surface area contributed by atoms with Gasteiger partial charge < -0.3 is 19.3 Å². The maximum Gasteiger partial charge on any atom is 0.319 e. The average molecular weight is 648 g/mol. The van der Waals surface area contributed by atoms with Gasteiger partial charge in [0.1, 0.15) is 17.9 Å². The molecule has 242 valence electrons. The van der Waals surface area contributed by atoms with Gasteiger partial charge in [0.05, 0.1) is 29.4 Å². The second-order valence-electron chi connectivity index (χ2n) is 12.7. The molecule has 1 amide bonds. The van der Waals surface area contributed by atoms with Crippen molar-refractivity contribution in [3.05, 3.63) is 53.0 Å². The van der Waals surface area contributed by atoms with Crippen molar-refractivity contribution in [3.8, 4) is 17.1 Å². The molecule has 4 heterocycles. The number of carbonyl (C=O) groups excluding carboxylic acids is 1. The highest BCUT2D eigenvalue weighted by Crippen LogP contribution is 2.48. The van der Waals surface area contributed by atoms with Gasteiger partial charge in [-0.2, -0.15) is 15.1 Å². The Kier molecular flexibility index (Phi) is 8.33. The first-order valence-electron chi connectivity index (χ1n) is 16.0. The molecule has 0 radical (unpaired) electrons. The van der Waals surface area contributed by atoms with Gasteiger partial charge >= 0.3 is 6.01 Å². The van der Waals surface area contributed by atoms with Crippen molar-refractivity contribution < 1.29 is 18.7 Å². The predicted molar refractivity (Wildman–Crippen MR) is 177 cm³/mol. The van der Waals surface area contributed by atoms with E-state index in [9.17, 15) is 4.79 Å². The number of carbonyl (C=O) groups is 1. The maximum atomic E-state index is 17.1. The molecule has 3 fully saturated rings. The number of hydrogen-bond donors (Lipinski definition) is 1. The summed E-state index contributed by atoms with van der Waals surface area (Å²) in [7, 11) is 0. The molecule has 2 aromatic carbocycles. The fourth-order valence-electron chi connectivity index (χ4n) is 6.83. The first kappa shape index (κ1) is 30.8. The zero-order valence-corrected chi connectivity index (χ0v) is 27.2. The number of rotatable bonds is 8. The molecule has 7 rings (SSSR count). The van der Waals surface area contributed by atoms with E-state index in [0.29, 0.717) is 62.1 Å². The molecule has 10 nitrogen and oxygen atoms in total. The summed E-state index contributed by atoms with van der Waals surface area (Å²) in [5.41, 5.74) is 3.87. The molecule has 3 aliphatic rings. The van der Waals surface area contributed by atoms with Crippen LogP contribution in [0.25, 0.3) is 32.9 Å². The monoisotopic (exact) mass is 647 g/mol. The van der Waals surface area contributed by atoms with Crippen LogP contribution in [0.3, 0.4) is 0 Å². The molecular formula is C34H39ClFN7O3. The molecule has 1 aliphatic carbocycles. The summed E-state index contributed by atoms with van der Waals surface area (Å²) in [6.07, 6.45) is 3.46. The summed E-state index contributed by atoms with van der Waals surface area (Å²) in [4.78, 5) is 28.3. The number of anilines is 1. The molecule has 1 saturated carbocycles. The molecule has 2 saturated heterocycles. The van der Waals surface area contributed by atoms with E-state index in [-0.39, 0.29) is 34.5 Å². The Morgan fingerprint density at radius 1 is 1.17 bits per heavy atom. The lowest BCUT2D eigenvalue weighted by Crippen LogP contribution is -2.58. The van der Waals surface area contributed by atoms with Crippen molar-refractivity contribution in [3.63, 3.8) is 0 Å². The fourth-order valence-corrected chi connectivity index (χ4v) is 7.11. The topological polar surface area (TPSA) is 99.7 Å². The number of piperazine rings is 1. The minimum Gasteiger partial charge on any atom is -0.462 e. The number of H-pyrrole nitrogens is 1. The summed E-state index contributed by atoms with van der Waals surface area (Å²) < 4.78 is 28.7. The molecule has 0 bridgehead atoms. The van der Waals surface area contributed by atoms with Crippen LogP contribution in [-0.4, -0.2) is 101 Å². The van der Waals surface area contributed by atoms with Crippen LogP contribution in [0.2, 0.25) is 5.02 Å². The summed E-state index contributed by atoms with van der Waals surface area (Å²) in [5.74, 6) is 0.239. The molecule has 4 aromatic rings. The first-order chi connectivity index (χ1) is 22.2. The number of amides is 1. The van der Waals surface area contributed by atoms with E-state index in [4.69, 9.17) is 26.1 Å². The highest BCUT2D eigenvalue weighted by atomic mass is 35.5. The summed E-state index contributed by atoms with van der Waals surface area (Å²) in [6.45, 7) is 14.6. The van der Waals surface area contributed by atoms with E-state index >= 15 is 4.39 Å². The van der Waals surface area contributed by atoms with Gasteiger partial charge in [0, 0.05) is 72.6 Å². The lowest BCUT2D eigenvalue weighted by Gasteiger charge is -2.44. The molecule has 2 atom stereocenters. The number of halogens is 2. The van der Waals surface area contributed by atoms with Gasteiger partial charge in [-0.05, 0) is 57.4 Å². The van der Waals surface area contributed by atoms with Crippen LogP contribution in [0, 0.1) is 12.7 Å². The number of morpholine rings is 1. The summed E-state index contributed by atoms with van der Waals surface area (Å²) >= 11 is 7.04. The third-order valence-corrected chi connectivity index (χ3v) is 9.78. The molecule has 2 aliphatic heterocycles. The highest BCUT2D eigenvalue weighted by molar-refractivity contribution is 6.35. The van der Waals surface area contributed by atoms with E-state index in [2.05, 4.69) is 31.6 Å². The van der Waals surface area contributed by atoms with Gasteiger partial charge in [-0.1, -0.05) is 24.2 Å². The number of aromatic nitrogens is 4. The van der Waals surface area contributed by atoms with Gasteiger partial charge in [0.25, 0.3) is 0 Å². The molecule has 12 heteroatoms. The minimum absolute atomic E-state index is 0.101. The average Bonchev–Trinajstić information content (AvgIpc) is 3.81. The third-order valence-electron chi connectivity index (χ3n) is 9.48. The SMILES string of the molecule is C=CC(=O)N1C[C@H](C)N(c2nc(OCCN3CCOCC3)nc3c(F)c(-c4c(C)ccc5[nH]nc(C6CC6)c45)c(Cl)cc23)C[C@H]1C. The maximum absolute atomic E-state index is 17.1. The van der Waals surface area contributed by atoms with Gasteiger partial charge in [-0.15, -0.1) is 0 Å². The number of fused-ring (bicyclic) bond motifs is 2. The van der Waals surface area contributed by atoms with Crippen LogP contribution < -0.4 is 9.64 Å².